The zero-order chi connectivity index (χ0) is 12.3. The maximum Gasteiger partial charge on any atom is 0.122 e. The van der Waals surface area contributed by atoms with Gasteiger partial charge in [-0.25, -0.2) is 0 Å². The van der Waals surface area contributed by atoms with Crippen molar-refractivity contribution in [3.05, 3.63) is 29.3 Å². The van der Waals surface area contributed by atoms with Crippen LogP contribution in [0.4, 0.5) is 0 Å². The smallest absolute Gasteiger partial charge is 0.122 e. The second-order valence-corrected chi connectivity index (χ2v) is 5.23. The lowest BCUT2D eigenvalue weighted by atomic mass is 10.0. The Bertz CT molecular complexity index is 375. The highest BCUT2D eigenvalue weighted by molar-refractivity contribution is 5.85. The van der Waals surface area contributed by atoms with Crippen molar-refractivity contribution < 1.29 is 4.74 Å². The molecule has 0 aromatic heterocycles. The summed E-state index contributed by atoms with van der Waals surface area (Å²) < 4.78 is 5.88. The SMILES string of the molecule is CCc1cc(CC(C)N)ccc1OCC1CC1.Cl. The molecule has 0 radical (unpaired) electrons. The normalized spacial score (nSPS) is 15.9. The molecule has 1 atom stereocenters. The lowest BCUT2D eigenvalue weighted by Crippen LogP contribution is -2.17. The lowest BCUT2D eigenvalue weighted by molar-refractivity contribution is 0.297. The Balaban J connectivity index is 0.00000162. The fourth-order valence-corrected chi connectivity index (χ4v) is 2.04. The van der Waals surface area contributed by atoms with Crippen LogP contribution in [0.15, 0.2) is 18.2 Å². The molecule has 0 aliphatic heterocycles. The fraction of sp³-hybridized carbons (Fsp3) is 0.600. The van der Waals surface area contributed by atoms with Gasteiger partial charge in [-0.3, -0.25) is 0 Å². The van der Waals surface area contributed by atoms with Crippen molar-refractivity contribution in [2.75, 3.05) is 6.61 Å². The molecule has 0 spiro atoms. The Hall–Kier alpha value is -0.730. The van der Waals surface area contributed by atoms with E-state index in [-0.39, 0.29) is 18.4 Å². The van der Waals surface area contributed by atoms with E-state index >= 15 is 0 Å². The van der Waals surface area contributed by atoms with E-state index in [2.05, 4.69) is 25.1 Å². The van der Waals surface area contributed by atoms with Gasteiger partial charge in [-0.2, -0.15) is 0 Å². The maximum atomic E-state index is 5.88. The van der Waals surface area contributed by atoms with Crippen LogP contribution in [0, 0.1) is 5.92 Å². The molecule has 1 fully saturated rings. The van der Waals surface area contributed by atoms with Gasteiger partial charge in [-0.15, -0.1) is 12.4 Å². The lowest BCUT2D eigenvalue weighted by Gasteiger charge is -2.13. The molecule has 2 rings (SSSR count). The van der Waals surface area contributed by atoms with Crippen LogP contribution in [-0.4, -0.2) is 12.6 Å². The number of hydrogen-bond donors (Lipinski definition) is 1. The molecule has 0 amide bonds. The first kappa shape index (κ1) is 15.3. The summed E-state index contributed by atoms with van der Waals surface area (Å²) in [7, 11) is 0. The highest BCUT2D eigenvalue weighted by atomic mass is 35.5. The Morgan fingerprint density at radius 1 is 1.39 bits per heavy atom. The van der Waals surface area contributed by atoms with Gasteiger partial charge in [-0.1, -0.05) is 19.1 Å². The molecule has 1 aliphatic carbocycles. The van der Waals surface area contributed by atoms with Crippen molar-refractivity contribution in [3.63, 3.8) is 0 Å². The minimum absolute atomic E-state index is 0. The quantitative estimate of drug-likeness (QED) is 0.860. The van der Waals surface area contributed by atoms with E-state index in [4.69, 9.17) is 10.5 Å². The third kappa shape index (κ3) is 4.51. The molecule has 0 bridgehead atoms. The van der Waals surface area contributed by atoms with Crippen LogP contribution in [-0.2, 0) is 12.8 Å². The standard InChI is InChI=1S/C15H23NO.ClH/c1-3-14-9-13(8-11(2)16)6-7-15(14)17-10-12-4-5-12;/h6-7,9,11-12H,3-5,8,10,16H2,1-2H3;1H. The van der Waals surface area contributed by atoms with Crippen molar-refractivity contribution in [2.45, 2.75) is 45.6 Å². The summed E-state index contributed by atoms with van der Waals surface area (Å²) in [4.78, 5) is 0. The maximum absolute atomic E-state index is 5.88. The van der Waals surface area contributed by atoms with Crippen molar-refractivity contribution in [2.24, 2.45) is 11.7 Å². The average Bonchev–Trinajstić information content (AvgIpc) is 3.10. The molecule has 0 saturated heterocycles. The summed E-state index contributed by atoms with van der Waals surface area (Å²) in [5, 5.41) is 0. The highest BCUT2D eigenvalue weighted by Gasteiger charge is 2.22. The van der Waals surface area contributed by atoms with E-state index in [0.29, 0.717) is 0 Å². The van der Waals surface area contributed by atoms with E-state index in [1.54, 1.807) is 0 Å². The summed E-state index contributed by atoms with van der Waals surface area (Å²) in [6, 6.07) is 6.72. The number of hydrogen-bond acceptors (Lipinski definition) is 2. The predicted molar refractivity (Wildman–Crippen MR) is 78.6 cm³/mol. The first-order chi connectivity index (χ1) is 8.19. The molecule has 1 unspecified atom stereocenters. The molecule has 1 saturated carbocycles. The molecule has 0 heterocycles. The summed E-state index contributed by atoms with van der Waals surface area (Å²) in [6.45, 7) is 5.11. The summed E-state index contributed by atoms with van der Waals surface area (Å²) in [5.41, 5.74) is 8.45. The monoisotopic (exact) mass is 269 g/mol. The first-order valence-corrected chi connectivity index (χ1v) is 6.69. The zero-order valence-corrected chi connectivity index (χ0v) is 12.1. The summed E-state index contributed by atoms with van der Waals surface area (Å²) in [5.74, 6) is 1.87. The molecule has 2 N–H and O–H groups in total. The second-order valence-electron chi connectivity index (χ2n) is 5.23. The third-order valence-corrected chi connectivity index (χ3v) is 3.23. The molecule has 3 heteroatoms. The topological polar surface area (TPSA) is 35.2 Å². The fourth-order valence-electron chi connectivity index (χ4n) is 2.04. The van der Waals surface area contributed by atoms with Gasteiger partial charge in [0.15, 0.2) is 0 Å². The van der Waals surface area contributed by atoms with E-state index in [1.165, 1.54) is 24.0 Å². The van der Waals surface area contributed by atoms with Gasteiger partial charge in [0.25, 0.3) is 0 Å². The van der Waals surface area contributed by atoms with E-state index in [1.807, 2.05) is 6.92 Å². The van der Waals surface area contributed by atoms with Crippen molar-refractivity contribution >= 4 is 12.4 Å². The predicted octanol–water partition coefficient (Wildman–Crippen LogP) is 3.35. The number of benzene rings is 1. The van der Waals surface area contributed by atoms with Crippen molar-refractivity contribution in [1.82, 2.24) is 0 Å². The molecule has 102 valence electrons. The Morgan fingerprint density at radius 3 is 2.67 bits per heavy atom. The molecule has 18 heavy (non-hydrogen) atoms. The minimum atomic E-state index is 0. The van der Waals surface area contributed by atoms with Crippen LogP contribution < -0.4 is 10.5 Å². The van der Waals surface area contributed by atoms with E-state index in [0.717, 1.165) is 31.1 Å². The molecule has 1 aliphatic rings. The number of aryl methyl sites for hydroxylation is 1. The number of halogens is 1. The Labute approximate surface area is 116 Å². The molecular formula is C15H24ClNO. The largest absolute Gasteiger partial charge is 0.493 e. The molecule has 2 nitrogen and oxygen atoms in total. The highest BCUT2D eigenvalue weighted by Crippen LogP contribution is 2.30. The average molecular weight is 270 g/mol. The van der Waals surface area contributed by atoms with Crippen LogP contribution in [0.5, 0.6) is 5.75 Å². The van der Waals surface area contributed by atoms with Gasteiger partial charge in [0.1, 0.15) is 5.75 Å². The van der Waals surface area contributed by atoms with Crippen LogP contribution in [0.1, 0.15) is 37.8 Å². The number of ether oxygens (including phenoxy) is 1. The Morgan fingerprint density at radius 2 is 2.11 bits per heavy atom. The van der Waals surface area contributed by atoms with Gasteiger partial charge in [0.05, 0.1) is 6.61 Å². The van der Waals surface area contributed by atoms with Crippen LogP contribution in [0.3, 0.4) is 0 Å². The van der Waals surface area contributed by atoms with Crippen molar-refractivity contribution in [1.29, 1.82) is 0 Å². The van der Waals surface area contributed by atoms with E-state index in [9.17, 15) is 0 Å². The van der Waals surface area contributed by atoms with Gasteiger partial charge < -0.3 is 10.5 Å². The Kier molecular flexibility index (Phi) is 5.97. The molecule has 1 aromatic rings. The first-order valence-electron chi connectivity index (χ1n) is 6.69. The molecular weight excluding hydrogens is 246 g/mol. The van der Waals surface area contributed by atoms with Crippen LogP contribution in [0.2, 0.25) is 0 Å². The number of nitrogens with two attached hydrogens (primary N) is 1. The second kappa shape index (κ2) is 7.01. The van der Waals surface area contributed by atoms with Crippen molar-refractivity contribution in [3.8, 4) is 5.75 Å². The summed E-state index contributed by atoms with van der Waals surface area (Å²) >= 11 is 0. The third-order valence-electron chi connectivity index (χ3n) is 3.23. The van der Waals surface area contributed by atoms with Gasteiger partial charge >= 0.3 is 0 Å². The molecule has 1 aromatic carbocycles. The van der Waals surface area contributed by atoms with Gasteiger partial charge in [0, 0.05) is 6.04 Å². The summed E-state index contributed by atoms with van der Waals surface area (Å²) in [6.07, 6.45) is 4.64. The van der Waals surface area contributed by atoms with Gasteiger partial charge in [0.2, 0.25) is 0 Å². The number of rotatable bonds is 6. The van der Waals surface area contributed by atoms with Gasteiger partial charge in [-0.05, 0) is 55.7 Å². The van der Waals surface area contributed by atoms with Crippen LogP contribution in [0.25, 0.3) is 0 Å². The zero-order valence-electron chi connectivity index (χ0n) is 11.3. The minimum Gasteiger partial charge on any atom is -0.493 e. The van der Waals surface area contributed by atoms with E-state index < -0.39 is 0 Å². The van der Waals surface area contributed by atoms with Crippen LogP contribution >= 0.6 is 12.4 Å².